The standard InChI is InChI=1S/C15H17NSi.C5H8.Ti/c1-17(2)15-10-13(14-8-5-9-16-14)11-6-3-4-7-12(11)15;1-3-5-4-2;/h3-10,15-17H,1-2H3;3-5H,1H2,2H3;. The van der Waals surface area contributed by atoms with Gasteiger partial charge in [-0.05, 0) is 35.7 Å². The minimum Gasteiger partial charge on any atom is -0.361 e. The van der Waals surface area contributed by atoms with Crippen LogP contribution in [0, 0.1) is 0 Å². The van der Waals surface area contributed by atoms with Gasteiger partial charge in [0.15, 0.2) is 0 Å². The van der Waals surface area contributed by atoms with Crippen LogP contribution >= 0.6 is 0 Å². The first-order chi connectivity index (χ1) is 10.7. The maximum absolute atomic E-state index is 3.46. The van der Waals surface area contributed by atoms with E-state index in [1.165, 1.54) is 22.4 Å². The van der Waals surface area contributed by atoms with Crippen LogP contribution < -0.4 is 0 Å². The predicted molar refractivity (Wildman–Crippen MR) is 101 cm³/mol. The smallest absolute Gasteiger partial charge is 0.0456 e. The van der Waals surface area contributed by atoms with Gasteiger partial charge in [-0.2, -0.15) is 0 Å². The van der Waals surface area contributed by atoms with Crippen molar-refractivity contribution in [3.63, 3.8) is 0 Å². The zero-order valence-corrected chi connectivity index (χ0v) is 16.9. The molecule has 118 valence electrons. The van der Waals surface area contributed by atoms with Crippen molar-refractivity contribution in [1.82, 2.24) is 4.98 Å². The molecule has 1 unspecified atom stereocenters. The first-order valence-corrected chi connectivity index (χ1v) is 10.8. The Bertz CT molecular complexity index is 669. The van der Waals surface area contributed by atoms with Gasteiger partial charge in [0, 0.05) is 48.0 Å². The number of allylic oxidation sites excluding steroid dienone is 4. The van der Waals surface area contributed by atoms with Crippen LogP contribution in [0.1, 0.15) is 29.3 Å². The number of H-pyrrole nitrogens is 1. The first-order valence-electron chi connectivity index (χ1n) is 7.87. The van der Waals surface area contributed by atoms with Crippen molar-refractivity contribution < 1.29 is 21.7 Å². The zero-order chi connectivity index (χ0) is 15.9. The van der Waals surface area contributed by atoms with E-state index in [0.29, 0.717) is 5.54 Å². The molecule has 0 amide bonds. The fraction of sp³-hybridized carbons (Fsp3) is 0.200. The van der Waals surface area contributed by atoms with E-state index < -0.39 is 8.80 Å². The molecule has 1 atom stereocenters. The Morgan fingerprint density at radius 2 is 1.87 bits per heavy atom. The molecular weight excluding hydrogens is 330 g/mol. The third-order valence-electron chi connectivity index (χ3n) is 3.89. The Balaban J connectivity index is 0.000000390. The topological polar surface area (TPSA) is 15.8 Å². The molecule has 1 nitrogen and oxygen atoms in total. The van der Waals surface area contributed by atoms with E-state index >= 15 is 0 Å². The second-order valence-electron chi connectivity index (χ2n) is 5.78. The minimum atomic E-state index is -0.693. The van der Waals surface area contributed by atoms with Gasteiger partial charge in [-0.1, -0.05) is 68.2 Å². The average Bonchev–Trinajstić information content (AvgIpc) is 3.16. The summed E-state index contributed by atoms with van der Waals surface area (Å²) in [5, 5.41) is 0. The van der Waals surface area contributed by atoms with Crippen molar-refractivity contribution in [2.45, 2.75) is 25.6 Å². The van der Waals surface area contributed by atoms with Crippen molar-refractivity contribution >= 4 is 14.4 Å². The summed E-state index contributed by atoms with van der Waals surface area (Å²) in [4.78, 5) is 3.33. The molecule has 0 saturated heterocycles. The molecule has 0 bridgehead atoms. The SMILES string of the molecule is C=CC=CC.C[SiH](C)C1C=C(c2ccc[nH]2)c2ccccc21.[Ti]. The largest absolute Gasteiger partial charge is 0.361 e. The number of fused-ring (bicyclic) bond motifs is 1. The second-order valence-corrected chi connectivity index (χ2v) is 8.99. The van der Waals surface area contributed by atoms with E-state index in [0.717, 1.165) is 0 Å². The summed E-state index contributed by atoms with van der Waals surface area (Å²) in [7, 11) is -0.693. The van der Waals surface area contributed by atoms with Gasteiger partial charge in [0.05, 0.1) is 0 Å². The molecule has 0 spiro atoms. The molecule has 1 aromatic heterocycles. The number of nitrogens with one attached hydrogen (secondary N) is 1. The van der Waals surface area contributed by atoms with Crippen LogP contribution in [0.5, 0.6) is 0 Å². The van der Waals surface area contributed by atoms with Gasteiger partial charge in [0.1, 0.15) is 0 Å². The Hall–Kier alpha value is -1.35. The van der Waals surface area contributed by atoms with Crippen LogP contribution in [0.15, 0.2) is 73.5 Å². The number of benzene rings is 1. The van der Waals surface area contributed by atoms with Gasteiger partial charge in [-0.15, -0.1) is 0 Å². The van der Waals surface area contributed by atoms with Gasteiger partial charge in [0.2, 0.25) is 0 Å². The third-order valence-corrected chi connectivity index (χ3v) is 5.88. The van der Waals surface area contributed by atoms with Crippen molar-refractivity contribution in [1.29, 1.82) is 0 Å². The summed E-state index contributed by atoms with van der Waals surface area (Å²) in [6, 6.07) is 13.1. The third kappa shape index (κ3) is 4.81. The maximum Gasteiger partial charge on any atom is 0.0456 e. The minimum absolute atomic E-state index is 0. The number of rotatable bonds is 3. The van der Waals surface area contributed by atoms with Crippen LogP contribution in [0.3, 0.4) is 0 Å². The molecular formula is C20H25NSiTi. The average molecular weight is 355 g/mol. The van der Waals surface area contributed by atoms with E-state index in [1.807, 2.05) is 25.3 Å². The zero-order valence-electron chi connectivity index (χ0n) is 14.2. The Labute approximate surface area is 156 Å². The molecule has 0 aliphatic heterocycles. The Kier molecular flexibility index (Phi) is 8.32. The first kappa shape index (κ1) is 19.7. The van der Waals surface area contributed by atoms with E-state index in [9.17, 15) is 0 Å². The summed E-state index contributed by atoms with van der Waals surface area (Å²) in [5.41, 5.74) is 6.26. The molecule has 1 N–H and O–H groups in total. The van der Waals surface area contributed by atoms with E-state index in [4.69, 9.17) is 0 Å². The molecule has 1 aliphatic rings. The fourth-order valence-corrected chi connectivity index (χ4v) is 4.40. The van der Waals surface area contributed by atoms with E-state index in [2.05, 4.69) is 67.1 Å². The molecule has 3 rings (SSSR count). The molecule has 1 aromatic carbocycles. The van der Waals surface area contributed by atoms with Gasteiger partial charge in [0.25, 0.3) is 0 Å². The molecule has 0 fully saturated rings. The van der Waals surface area contributed by atoms with Gasteiger partial charge in [-0.3, -0.25) is 0 Å². The molecule has 0 radical (unpaired) electrons. The molecule has 3 heteroatoms. The summed E-state index contributed by atoms with van der Waals surface area (Å²) < 4.78 is 0. The van der Waals surface area contributed by atoms with Crippen LogP contribution in [0.4, 0.5) is 0 Å². The van der Waals surface area contributed by atoms with Crippen LogP contribution in [0.25, 0.3) is 5.57 Å². The summed E-state index contributed by atoms with van der Waals surface area (Å²) in [5.74, 6) is 0. The Morgan fingerprint density at radius 3 is 2.39 bits per heavy atom. The van der Waals surface area contributed by atoms with Crippen molar-refractivity contribution in [3.05, 3.63) is 90.3 Å². The van der Waals surface area contributed by atoms with E-state index in [1.54, 1.807) is 6.08 Å². The quantitative estimate of drug-likeness (QED) is 0.567. The van der Waals surface area contributed by atoms with Crippen molar-refractivity contribution in [2.24, 2.45) is 0 Å². The predicted octanol–water partition coefficient (Wildman–Crippen LogP) is 5.32. The molecule has 23 heavy (non-hydrogen) atoms. The molecule has 1 aliphatic carbocycles. The number of aromatic amines is 1. The summed E-state index contributed by atoms with van der Waals surface area (Å²) >= 11 is 0. The Morgan fingerprint density at radius 1 is 1.13 bits per heavy atom. The van der Waals surface area contributed by atoms with Gasteiger partial charge >= 0.3 is 0 Å². The van der Waals surface area contributed by atoms with Gasteiger partial charge in [-0.25, -0.2) is 0 Å². The normalized spacial score (nSPS) is 15.5. The van der Waals surface area contributed by atoms with E-state index in [-0.39, 0.29) is 21.7 Å². The fourth-order valence-electron chi connectivity index (χ4n) is 2.81. The van der Waals surface area contributed by atoms with Crippen molar-refractivity contribution in [2.75, 3.05) is 0 Å². The maximum atomic E-state index is 3.46. The number of hydrogen-bond donors (Lipinski definition) is 1. The van der Waals surface area contributed by atoms with Crippen LogP contribution in [-0.4, -0.2) is 13.8 Å². The second kappa shape index (κ2) is 9.71. The molecule has 0 saturated carbocycles. The molecule has 1 heterocycles. The number of aromatic nitrogens is 1. The van der Waals surface area contributed by atoms with Gasteiger partial charge < -0.3 is 4.98 Å². The van der Waals surface area contributed by atoms with Crippen molar-refractivity contribution in [3.8, 4) is 0 Å². The summed E-state index contributed by atoms with van der Waals surface area (Å²) in [6.45, 7) is 10.3. The number of hydrogen-bond acceptors (Lipinski definition) is 0. The molecule has 2 aromatic rings. The monoisotopic (exact) mass is 355 g/mol. The van der Waals surface area contributed by atoms with Crippen LogP contribution in [-0.2, 0) is 21.7 Å². The van der Waals surface area contributed by atoms with Crippen LogP contribution in [0.2, 0.25) is 13.1 Å². The summed E-state index contributed by atoms with van der Waals surface area (Å²) in [6.07, 6.45) is 10.0.